The summed E-state index contributed by atoms with van der Waals surface area (Å²) in [6, 6.07) is 17.1. The molecule has 1 amide bonds. The molecule has 0 bridgehead atoms. The van der Waals surface area contributed by atoms with Gasteiger partial charge in [-0.25, -0.2) is 4.98 Å². The summed E-state index contributed by atoms with van der Waals surface area (Å²) in [5.74, 6) is 0.337. The highest BCUT2D eigenvalue weighted by Crippen LogP contribution is 2.32. The van der Waals surface area contributed by atoms with E-state index in [2.05, 4.69) is 20.5 Å². The summed E-state index contributed by atoms with van der Waals surface area (Å²) >= 11 is 8.50. The molecule has 4 rings (SSSR count). The normalized spacial score (nSPS) is 10.8. The van der Waals surface area contributed by atoms with Gasteiger partial charge in [-0.3, -0.25) is 4.79 Å². The Kier molecular flexibility index (Phi) is 5.94. The van der Waals surface area contributed by atoms with Crippen LogP contribution in [0.5, 0.6) is 0 Å². The first kappa shape index (κ1) is 19.6. The maximum absolute atomic E-state index is 12.3. The number of thiazole rings is 1. The molecule has 0 saturated carbocycles. The van der Waals surface area contributed by atoms with Crippen molar-refractivity contribution in [3.8, 4) is 21.9 Å². The number of benzene rings is 2. The summed E-state index contributed by atoms with van der Waals surface area (Å²) in [6.45, 7) is 1.93. The Morgan fingerprint density at radius 3 is 2.62 bits per heavy atom. The first-order valence-electron chi connectivity index (χ1n) is 8.63. The number of carbonyl (C=O) groups is 1. The second-order valence-corrected chi connectivity index (χ2v) is 8.38. The Bertz CT molecular complexity index is 1130. The van der Waals surface area contributed by atoms with Crippen LogP contribution < -0.4 is 5.32 Å². The fourth-order valence-electron chi connectivity index (χ4n) is 2.57. The highest BCUT2D eigenvalue weighted by atomic mass is 35.5. The number of nitrogens with one attached hydrogen (secondary N) is 1. The lowest BCUT2D eigenvalue weighted by Crippen LogP contribution is -2.13. The Labute approximate surface area is 180 Å². The van der Waals surface area contributed by atoms with Gasteiger partial charge in [-0.1, -0.05) is 65.0 Å². The van der Waals surface area contributed by atoms with Crippen molar-refractivity contribution >= 4 is 45.7 Å². The van der Waals surface area contributed by atoms with Crippen molar-refractivity contribution in [3.05, 3.63) is 65.3 Å². The summed E-state index contributed by atoms with van der Waals surface area (Å²) < 4.78 is 5.60. The van der Waals surface area contributed by atoms with Crippen LogP contribution in [0.4, 0.5) is 5.13 Å². The average molecular weight is 443 g/mol. The van der Waals surface area contributed by atoms with E-state index in [4.69, 9.17) is 16.0 Å². The molecule has 0 aliphatic carbocycles. The standard InChI is InChI=1S/C20H15ClN4O2S2/c1-12-17(13-5-3-2-4-6-13)29-19(22-12)23-16(26)11-28-20-25-24-18(27-20)14-7-9-15(21)10-8-14/h2-10H,11H2,1H3,(H,22,23,26). The van der Waals surface area contributed by atoms with Gasteiger partial charge in [0.15, 0.2) is 5.13 Å². The Morgan fingerprint density at radius 1 is 1.10 bits per heavy atom. The van der Waals surface area contributed by atoms with Crippen molar-refractivity contribution in [2.75, 3.05) is 11.1 Å². The van der Waals surface area contributed by atoms with Crippen LogP contribution in [0, 0.1) is 6.92 Å². The number of anilines is 1. The van der Waals surface area contributed by atoms with E-state index in [1.807, 2.05) is 37.3 Å². The van der Waals surface area contributed by atoms with Crippen LogP contribution in [-0.2, 0) is 4.79 Å². The molecule has 0 saturated heterocycles. The van der Waals surface area contributed by atoms with Crippen molar-refractivity contribution in [1.82, 2.24) is 15.2 Å². The maximum atomic E-state index is 12.3. The molecule has 0 spiro atoms. The van der Waals surface area contributed by atoms with Crippen molar-refractivity contribution in [1.29, 1.82) is 0 Å². The predicted molar refractivity (Wildman–Crippen MR) is 116 cm³/mol. The molecule has 0 aliphatic heterocycles. The number of hydrogen-bond donors (Lipinski definition) is 1. The van der Waals surface area contributed by atoms with Crippen LogP contribution in [0.2, 0.25) is 5.02 Å². The number of halogens is 1. The number of thioether (sulfide) groups is 1. The van der Waals surface area contributed by atoms with Crippen LogP contribution in [-0.4, -0.2) is 26.8 Å². The van der Waals surface area contributed by atoms with Gasteiger partial charge in [0.25, 0.3) is 5.22 Å². The lowest BCUT2D eigenvalue weighted by Gasteiger charge is -1.99. The predicted octanol–water partition coefficient (Wildman–Crippen LogP) is 5.55. The Hall–Kier alpha value is -2.68. The molecular formula is C20H15ClN4O2S2. The zero-order chi connectivity index (χ0) is 20.2. The lowest BCUT2D eigenvalue weighted by atomic mass is 10.2. The van der Waals surface area contributed by atoms with Crippen LogP contribution in [0.25, 0.3) is 21.9 Å². The van der Waals surface area contributed by atoms with Crippen molar-refractivity contribution < 1.29 is 9.21 Å². The van der Waals surface area contributed by atoms with Gasteiger partial charge in [0.05, 0.1) is 16.3 Å². The van der Waals surface area contributed by atoms with Gasteiger partial charge in [-0.05, 0) is 36.8 Å². The molecule has 0 aliphatic rings. The van der Waals surface area contributed by atoms with E-state index < -0.39 is 0 Å². The molecular weight excluding hydrogens is 428 g/mol. The smallest absolute Gasteiger partial charge is 0.277 e. The van der Waals surface area contributed by atoms with Gasteiger partial charge in [0.1, 0.15) is 0 Å². The molecule has 146 valence electrons. The van der Waals surface area contributed by atoms with E-state index >= 15 is 0 Å². The molecule has 0 fully saturated rings. The molecule has 1 N–H and O–H groups in total. The maximum Gasteiger partial charge on any atom is 0.277 e. The minimum absolute atomic E-state index is 0.140. The molecule has 0 unspecified atom stereocenters. The molecule has 4 aromatic rings. The van der Waals surface area contributed by atoms with Crippen molar-refractivity contribution in [2.45, 2.75) is 12.1 Å². The molecule has 6 nitrogen and oxygen atoms in total. The van der Waals surface area contributed by atoms with Crippen molar-refractivity contribution in [3.63, 3.8) is 0 Å². The van der Waals surface area contributed by atoms with Crippen LogP contribution >= 0.6 is 34.7 Å². The minimum Gasteiger partial charge on any atom is -0.411 e. The molecule has 2 aromatic carbocycles. The zero-order valence-electron chi connectivity index (χ0n) is 15.3. The number of nitrogens with zero attached hydrogens (tertiary/aromatic N) is 3. The van der Waals surface area contributed by atoms with E-state index in [-0.39, 0.29) is 11.7 Å². The van der Waals surface area contributed by atoms with Crippen LogP contribution in [0.15, 0.2) is 64.2 Å². The van der Waals surface area contributed by atoms with E-state index in [0.717, 1.165) is 21.7 Å². The van der Waals surface area contributed by atoms with E-state index in [1.54, 1.807) is 24.3 Å². The zero-order valence-corrected chi connectivity index (χ0v) is 17.6. The summed E-state index contributed by atoms with van der Waals surface area (Å²) in [7, 11) is 0. The molecule has 0 atom stereocenters. The largest absolute Gasteiger partial charge is 0.411 e. The van der Waals surface area contributed by atoms with Gasteiger partial charge >= 0.3 is 0 Å². The van der Waals surface area contributed by atoms with Crippen LogP contribution in [0.3, 0.4) is 0 Å². The van der Waals surface area contributed by atoms with Gasteiger partial charge in [-0.15, -0.1) is 10.2 Å². The quantitative estimate of drug-likeness (QED) is 0.394. The van der Waals surface area contributed by atoms with Gasteiger partial charge in [0, 0.05) is 10.6 Å². The van der Waals surface area contributed by atoms with Gasteiger partial charge < -0.3 is 9.73 Å². The fourth-order valence-corrected chi connectivity index (χ4v) is 4.24. The van der Waals surface area contributed by atoms with Crippen molar-refractivity contribution in [2.24, 2.45) is 0 Å². The number of aromatic nitrogens is 3. The number of carbonyl (C=O) groups excluding carboxylic acids is 1. The molecule has 2 heterocycles. The SMILES string of the molecule is Cc1nc(NC(=O)CSc2nnc(-c3ccc(Cl)cc3)o2)sc1-c1ccccc1. The van der Waals surface area contributed by atoms with E-state index in [9.17, 15) is 4.79 Å². The third-order valence-electron chi connectivity index (χ3n) is 3.90. The summed E-state index contributed by atoms with van der Waals surface area (Å²) in [5, 5.41) is 12.3. The first-order chi connectivity index (χ1) is 14.1. The third-order valence-corrected chi connectivity index (χ3v) is 6.10. The molecule has 29 heavy (non-hydrogen) atoms. The number of aryl methyl sites for hydroxylation is 1. The van der Waals surface area contributed by atoms with E-state index in [0.29, 0.717) is 21.3 Å². The van der Waals surface area contributed by atoms with Crippen LogP contribution in [0.1, 0.15) is 5.69 Å². The molecule has 2 aromatic heterocycles. The second-order valence-electron chi connectivity index (χ2n) is 6.02. The highest BCUT2D eigenvalue weighted by Gasteiger charge is 2.14. The Morgan fingerprint density at radius 2 is 1.86 bits per heavy atom. The second kappa shape index (κ2) is 8.77. The highest BCUT2D eigenvalue weighted by molar-refractivity contribution is 7.99. The Balaban J connectivity index is 1.36. The number of rotatable bonds is 6. The lowest BCUT2D eigenvalue weighted by molar-refractivity contribution is -0.113. The van der Waals surface area contributed by atoms with Gasteiger partial charge in [-0.2, -0.15) is 0 Å². The summed E-state index contributed by atoms with van der Waals surface area (Å²) in [4.78, 5) is 17.8. The fraction of sp³-hybridized carbons (Fsp3) is 0.100. The molecule has 0 radical (unpaired) electrons. The molecule has 9 heteroatoms. The topological polar surface area (TPSA) is 80.9 Å². The average Bonchev–Trinajstić information content (AvgIpc) is 3.34. The monoisotopic (exact) mass is 442 g/mol. The number of amides is 1. The van der Waals surface area contributed by atoms with Gasteiger partial charge in [0.2, 0.25) is 11.8 Å². The first-order valence-corrected chi connectivity index (χ1v) is 10.8. The summed E-state index contributed by atoms with van der Waals surface area (Å²) in [6.07, 6.45) is 0. The third kappa shape index (κ3) is 4.84. The van der Waals surface area contributed by atoms with E-state index in [1.165, 1.54) is 23.1 Å². The summed E-state index contributed by atoms with van der Waals surface area (Å²) in [5.41, 5.74) is 2.73. The minimum atomic E-state index is -0.186. The number of hydrogen-bond acceptors (Lipinski definition) is 7.